The first kappa shape index (κ1) is 31.2. The van der Waals surface area contributed by atoms with Crippen LogP contribution in [0.5, 0.6) is 0 Å². The summed E-state index contributed by atoms with van der Waals surface area (Å²) in [5, 5.41) is 0. The molecule has 0 saturated heterocycles. The Morgan fingerprint density at radius 2 is 0.353 bits per heavy atom. The van der Waals surface area contributed by atoms with Gasteiger partial charge >= 0.3 is 38.2 Å². The van der Waals surface area contributed by atoms with Crippen LogP contribution in [-0.4, -0.2) is 5.48 Å². The van der Waals surface area contributed by atoms with Crippen LogP contribution < -0.4 is 55.9 Å². The van der Waals surface area contributed by atoms with Crippen molar-refractivity contribution in [1.29, 1.82) is 0 Å². The molecule has 0 aromatic rings. The van der Waals surface area contributed by atoms with Crippen LogP contribution in [0.3, 0.4) is 0 Å². The molecule has 0 aliphatic carbocycles. The first-order valence-corrected chi connectivity index (χ1v) is 5.55. The van der Waals surface area contributed by atoms with Crippen molar-refractivity contribution in [3.63, 3.8) is 0 Å². The van der Waals surface area contributed by atoms with Crippen molar-refractivity contribution in [3.05, 3.63) is 0 Å². The molecule has 17 heavy (non-hydrogen) atoms. The van der Waals surface area contributed by atoms with Gasteiger partial charge in [0.15, 0.2) is 0 Å². The summed E-state index contributed by atoms with van der Waals surface area (Å²) in [5.41, 5.74) is 0. The molecule has 1 radical (unpaired) electrons. The predicted octanol–water partition coefficient (Wildman–Crippen LogP) is -15.1. The van der Waals surface area contributed by atoms with Gasteiger partial charge in [0.2, 0.25) is 0 Å². The van der Waals surface area contributed by atoms with E-state index in [4.69, 9.17) is 55.9 Å². The zero-order chi connectivity index (χ0) is 13.5. The van der Waals surface area contributed by atoms with Crippen molar-refractivity contribution in [3.8, 4) is 0 Å². The monoisotopic (exact) mass is 479 g/mol. The third-order valence-electron chi connectivity index (χ3n) is 0. The van der Waals surface area contributed by atoms with Crippen LogP contribution >= 0.6 is 0 Å². The molecule has 0 aliphatic heterocycles. The Balaban J connectivity index is -0.0000000400. The van der Waals surface area contributed by atoms with E-state index >= 15 is 0 Å². The second-order valence-corrected chi connectivity index (χ2v) is 3.40. The van der Waals surface area contributed by atoms with Crippen molar-refractivity contribution in [2.24, 2.45) is 0 Å². The smallest absolute Gasteiger partial charge is 0.412 e. The molecule has 13 nitrogen and oxygen atoms in total. The van der Waals surface area contributed by atoms with Gasteiger partial charge in [-0.25, -0.2) is 55.9 Å². The van der Waals surface area contributed by atoms with Crippen molar-refractivity contribution < 1.29 is 130 Å². The Morgan fingerprint density at radius 1 is 0.353 bits per heavy atom. The van der Waals surface area contributed by atoms with Gasteiger partial charge in [-0.2, -0.15) is 0 Å². The Kier molecular flexibility index (Phi) is 23.2. The maximum Gasteiger partial charge on any atom is 3.00 e. The average Bonchev–Trinajstić information content (AvgIpc) is 1.41. The first-order chi connectivity index (χ1) is 6.00. The van der Waals surface area contributed by atoms with Crippen molar-refractivity contribution >= 4 is 0 Å². The average molecular weight is 479 g/mol. The molecule has 0 rings (SSSR count). The maximum absolute atomic E-state index is 8.49. The summed E-state index contributed by atoms with van der Waals surface area (Å²) in [6, 6.07) is 0. The molecule has 0 heterocycles. The van der Waals surface area contributed by atoms with E-state index in [1.165, 1.54) is 0 Å². The van der Waals surface area contributed by atoms with Crippen molar-refractivity contribution in [1.82, 2.24) is 0 Å². The quantitative estimate of drug-likeness (QED) is 0.313. The van der Waals surface area contributed by atoms with E-state index in [9.17, 15) is 0 Å². The van der Waals surface area contributed by atoms with E-state index in [2.05, 4.69) is 0 Å². The van der Waals surface area contributed by atoms with Gasteiger partial charge in [-0.15, -0.1) is 30.7 Å². The van der Waals surface area contributed by atoms with Gasteiger partial charge in [-0.05, 0) is 0 Å². The molecule has 0 spiro atoms. The zero-order valence-corrected chi connectivity index (χ0v) is 11.1. The third-order valence-corrected chi connectivity index (χ3v) is 0. The minimum Gasteiger partial charge on any atom is -0.412 e. The largest absolute Gasteiger partial charge is 3.00 e. The maximum atomic E-state index is 8.49. The Morgan fingerprint density at radius 3 is 0.353 bits per heavy atom. The Labute approximate surface area is 129 Å². The molecule has 0 aliphatic rings. The first-order valence-electron chi connectivity index (χ1n) is 1.85. The summed E-state index contributed by atoms with van der Waals surface area (Å²) in [4.78, 5) is 0. The van der Waals surface area contributed by atoms with Crippen molar-refractivity contribution in [2.45, 2.75) is 0 Å². The fraction of sp³-hybridized carbons (Fsp3) is 0. The van der Waals surface area contributed by atoms with Gasteiger partial charge in [0.1, 0.15) is 0 Å². The summed E-state index contributed by atoms with van der Waals surface area (Å²) in [7, 11) is -14.8. The zero-order valence-electron chi connectivity index (χ0n) is 6.85. The summed E-state index contributed by atoms with van der Waals surface area (Å²) in [6.07, 6.45) is 0. The van der Waals surface area contributed by atoms with Gasteiger partial charge in [0.25, 0.3) is 0 Å². The molecule has 0 fully saturated rings. The molecule has 0 bridgehead atoms. The van der Waals surface area contributed by atoms with Gasteiger partial charge in [-0.3, -0.25) is 0 Å². The summed E-state index contributed by atoms with van der Waals surface area (Å²) < 4.78 is 102. The second-order valence-electron chi connectivity index (χ2n) is 1.13. The Bertz CT molecular complexity index is 91.7. The van der Waals surface area contributed by atoms with Gasteiger partial charge in [0.05, 0.1) is 0 Å². The fourth-order valence-electron chi connectivity index (χ4n) is 0. The molecule has 0 aromatic heterocycles. The molecule has 0 aromatic carbocycles. The number of hydrogen-bond acceptors (Lipinski definition) is 12. The van der Waals surface area contributed by atoms with Crippen LogP contribution in [-0.2, 0) is 0 Å². The predicted molar refractivity (Wildman–Crippen MR) is 3.61 cm³/mol. The number of hydrogen-bond donors (Lipinski definition) is 0. The van der Waals surface area contributed by atoms with Gasteiger partial charge in [0, 0.05) is 0 Å². The number of rotatable bonds is 0. The van der Waals surface area contributed by atoms with Crippen LogP contribution in [0.4, 0.5) is 0 Å². The normalized spacial score (nSPS) is 10.6. The van der Waals surface area contributed by atoms with E-state index in [0.717, 1.165) is 0 Å². The molecular weight excluding hydrogens is 477 g/mol. The van der Waals surface area contributed by atoms with E-state index in [0.29, 0.717) is 0 Å². The molecule has 0 unspecified atom stereocenters. The minimum atomic E-state index is -4.94. The molecular formula is H2Cl3DyO13. The van der Waals surface area contributed by atoms with Gasteiger partial charge in [-0.1, -0.05) is 0 Å². The second kappa shape index (κ2) is 12.6. The molecule has 0 amide bonds. The van der Waals surface area contributed by atoms with Crippen LogP contribution in [0, 0.1) is 68.9 Å². The van der Waals surface area contributed by atoms with E-state index in [1.54, 1.807) is 0 Å². The molecule has 0 atom stereocenters. The van der Waals surface area contributed by atoms with E-state index in [-0.39, 0.29) is 43.6 Å². The van der Waals surface area contributed by atoms with Crippen LogP contribution in [0.2, 0.25) is 0 Å². The Hall–Kier alpha value is 1.62. The van der Waals surface area contributed by atoms with Crippen LogP contribution in [0.25, 0.3) is 0 Å². The topological polar surface area (TPSA) is 308 Å². The van der Waals surface area contributed by atoms with E-state index in [1.807, 2.05) is 0 Å². The van der Waals surface area contributed by atoms with Crippen LogP contribution in [0.15, 0.2) is 0 Å². The summed E-state index contributed by atoms with van der Waals surface area (Å²) >= 11 is 0. The summed E-state index contributed by atoms with van der Waals surface area (Å²) in [6.45, 7) is 0. The molecule has 17 heteroatoms. The standard InChI is InChI=1S/3ClHO4.Dy.H2O/c3*2-1(3,4)5;;/h3*(H,2,3,4,5);;1H2/q;;;+3;/p-3. The molecule has 0 saturated carbocycles. The molecule has 111 valence electrons. The van der Waals surface area contributed by atoms with Crippen LogP contribution in [0.1, 0.15) is 0 Å². The number of halogens is 3. The molecule has 2 N–H and O–H groups in total. The fourth-order valence-corrected chi connectivity index (χ4v) is 0. The van der Waals surface area contributed by atoms with E-state index < -0.39 is 30.7 Å². The summed E-state index contributed by atoms with van der Waals surface area (Å²) in [5.74, 6) is 0. The third kappa shape index (κ3) is 1630. The van der Waals surface area contributed by atoms with Gasteiger partial charge < -0.3 is 5.48 Å². The minimum absolute atomic E-state index is 0. The SMILES string of the molecule is O.[Dy+3].[O-][Cl+3]([O-])([O-])[O-].[O-][Cl+3]([O-])([O-])[O-].[O-][Cl+3]([O-])([O-])[O-]. The van der Waals surface area contributed by atoms with Crippen molar-refractivity contribution in [2.75, 3.05) is 0 Å².